The molecule has 3 N–H and O–H groups in total. The molecule has 0 unspecified atom stereocenters. The zero-order valence-electron chi connectivity index (χ0n) is 12.1. The van der Waals surface area contributed by atoms with Gasteiger partial charge < -0.3 is 10.6 Å². The fourth-order valence-electron chi connectivity index (χ4n) is 2.46. The van der Waals surface area contributed by atoms with E-state index in [1.54, 1.807) is 0 Å². The van der Waals surface area contributed by atoms with Crippen LogP contribution in [0.15, 0.2) is 24.3 Å². The Morgan fingerprint density at radius 2 is 2.09 bits per heavy atom. The minimum absolute atomic E-state index is 0.0264. The Labute approximate surface area is 140 Å². The number of quaternary nitrogens is 1. The maximum absolute atomic E-state index is 11.9. The van der Waals surface area contributed by atoms with E-state index in [1.165, 1.54) is 0 Å². The first-order valence-electron chi connectivity index (χ1n) is 7.00. The van der Waals surface area contributed by atoms with Crippen molar-refractivity contribution in [2.45, 2.75) is 24.4 Å². The second-order valence-corrected chi connectivity index (χ2v) is 8.64. The lowest BCUT2D eigenvalue weighted by molar-refractivity contribution is -0.682. The molecule has 1 fully saturated rings. The number of hydrogen-bond donors (Lipinski definition) is 2. The molecule has 1 aliphatic rings. The molecular weight excluding hydrogens is 347 g/mol. The molecule has 1 aliphatic heterocycles. The number of amides is 1. The fourth-order valence-corrected chi connectivity index (χ4v) is 5.32. The highest BCUT2D eigenvalue weighted by Crippen LogP contribution is 2.19. The summed E-state index contributed by atoms with van der Waals surface area (Å²) in [7, 11) is -3.14. The first-order valence-corrected chi connectivity index (χ1v) is 9.63. The Morgan fingerprint density at radius 1 is 1.41 bits per heavy atom. The van der Waals surface area contributed by atoms with Crippen molar-refractivity contribution in [2.24, 2.45) is 0 Å². The van der Waals surface area contributed by atoms with Crippen LogP contribution in [0.25, 0.3) is 0 Å². The Kier molecular flexibility index (Phi) is 5.71. The van der Waals surface area contributed by atoms with Gasteiger partial charge in [0.25, 0.3) is 5.91 Å². The molecule has 1 aromatic rings. The van der Waals surface area contributed by atoms with Gasteiger partial charge in [0.05, 0.1) is 22.9 Å². The normalized spacial score (nSPS) is 24.9. The van der Waals surface area contributed by atoms with Crippen LogP contribution in [0.3, 0.4) is 0 Å². The smallest absolute Gasteiger partial charge is 0.275 e. The molecule has 1 amide bonds. The lowest BCUT2D eigenvalue weighted by Gasteiger charge is -2.16. The third-order valence-electron chi connectivity index (χ3n) is 3.68. The molecule has 1 aromatic carbocycles. The van der Waals surface area contributed by atoms with E-state index >= 15 is 0 Å². The molecule has 0 radical (unpaired) electrons. The van der Waals surface area contributed by atoms with Gasteiger partial charge in [0.1, 0.15) is 6.04 Å². The number of nitrogens with two attached hydrogens (primary N) is 1. The molecule has 0 bridgehead atoms. The van der Waals surface area contributed by atoms with Gasteiger partial charge in [-0.15, -0.1) is 11.6 Å². The van der Waals surface area contributed by atoms with Gasteiger partial charge in [0, 0.05) is 10.6 Å². The lowest BCUT2D eigenvalue weighted by atomic mass is 10.1. The number of sulfone groups is 1. The van der Waals surface area contributed by atoms with E-state index in [1.807, 2.05) is 36.5 Å². The number of carbonyl (C=O) groups is 1. The van der Waals surface area contributed by atoms with E-state index < -0.39 is 21.3 Å². The maximum atomic E-state index is 11.9. The van der Waals surface area contributed by atoms with Crippen molar-refractivity contribution in [3.63, 3.8) is 0 Å². The average molecular weight is 366 g/mol. The third kappa shape index (κ3) is 4.59. The van der Waals surface area contributed by atoms with E-state index in [4.69, 9.17) is 23.2 Å². The van der Waals surface area contributed by atoms with Crippen LogP contribution in [0.1, 0.15) is 18.5 Å². The molecule has 22 heavy (non-hydrogen) atoms. The minimum atomic E-state index is -3.14. The van der Waals surface area contributed by atoms with Crippen molar-refractivity contribution < 1.29 is 18.5 Å². The number of carbonyl (C=O) groups excluding carboxylic acids is 1. The lowest BCUT2D eigenvalue weighted by Crippen LogP contribution is -2.87. The molecule has 0 spiro atoms. The predicted octanol–water partition coefficient (Wildman–Crippen LogP) is 0.485. The maximum Gasteiger partial charge on any atom is 0.275 e. The second-order valence-electron chi connectivity index (χ2n) is 5.52. The molecule has 2 rings (SSSR count). The molecule has 8 heteroatoms. The first-order chi connectivity index (χ1) is 10.3. The van der Waals surface area contributed by atoms with Crippen LogP contribution in [-0.2, 0) is 14.6 Å². The van der Waals surface area contributed by atoms with Crippen molar-refractivity contribution in [2.75, 3.05) is 18.1 Å². The minimum Gasteiger partial charge on any atom is -0.346 e. The van der Waals surface area contributed by atoms with Crippen LogP contribution in [0, 0.1) is 0 Å². The molecule has 0 aliphatic carbocycles. The highest BCUT2D eigenvalue weighted by molar-refractivity contribution is 7.91. The Balaban J connectivity index is 1.85. The van der Waals surface area contributed by atoms with Crippen molar-refractivity contribution >= 4 is 38.9 Å². The summed E-state index contributed by atoms with van der Waals surface area (Å²) < 4.78 is 22.9. The number of nitrogens with one attached hydrogen (secondary N) is 1. The average Bonchev–Trinajstić information content (AvgIpc) is 2.69. The van der Waals surface area contributed by atoms with Gasteiger partial charge in [-0.1, -0.05) is 29.8 Å². The number of benzene rings is 1. The van der Waals surface area contributed by atoms with E-state index in [9.17, 15) is 13.2 Å². The predicted molar refractivity (Wildman–Crippen MR) is 86.9 cm³/mol. The number of hydrogen-bond acceptors (Lipinski definition) is 3. The molecule has 122 valence electrons. The topological polar surface area (TPSA) is 79.8 Å². The quantitative estimate of drug-likeness (QED) is 0.745. The summed E-state index contributed by atoms with van der Waals surface area (Å²) in [6.07, 6.45) is 0. The third-order valence-corrected chi connectivity index (χ3v) is 6.40. The standard InChI is InChI=1S/C14H18Cl2N2O3S/c1-9(10-4-2-3-5-11(10)15)17-6-14(19)18-13-8-22(20,21)7-12(13)16/h2-5,9,12-13,17H,6-8H2,1H3,(H,18,19)/p+1/t9-,12+,13+/m1/s1. The summed E-state index contributed by atoms with van der Waals surface area (Å²) in [6.45, 7) is 2.14. The van der Waals surface area contributed by atoms with Gasteiger partial charge >= 0.3 is 0 Å². The zero-order valence-corrected chi connectivity index (χ0v) is 14.5. The van der Waals surface area contributed by atoms with Crippen LogP contribution in [-0.4, -0.2) is 43.8 Å². The van der Waals surface area contributed by atoms with Crippen molar-refractivity contribution in [3.05, 3.63) is 34.9 Å². The SMILES string of the molecule is C[C@@H]([NH2+]CC(=O)N[C@H]1CS(=O)(=O)C[C@@H]1Cl)c1ccccc1Cl. The number of rotatable bonds is 5. The summed E-state index contributed by atoms with van der Waals surface area (Å²) in [6, 6.07) is 6.99. The van der Waals surface area contributed by atoms with Gasteiger partial charge in [0.2, 0.25) is 0 Å². The zero-order chi connectivity index (χ0) is 16.3. The van der Waals surface area contributed by atoms with Crippen molar-refractivity contribution in [1.29, 1.82) is 0 Å². The molecule has 0 saturated carbocycles. The molecule has 1 saturated heterocycles. The Bertz CT molecular complexity index is 651. The summed E-state index contributed by atoms with van der Waals surface area (Å²) in [5.74, 6) is -0.404. The molecule has 3 atom stereocenters. The Hall–Kier alpha value is -0.820. The van der Waals surface area contributed by atoms with Gasteiger partial charge in [0.15, 0.2) is 16.4 Å². The van der Waals surface area contributed by atoms with E-state index in [2.05, 4.69) is 5.32 Å². The number of halogens is 2. The summed E-state index contributed by atoms with van der Waals surface area (Å²) in [5, 5.41) is 4.64. The molecule has 1 heterocycles. The van der Waals surface area contributed by atoms with Crippen molar-refractivity contribution in [1.82, 2.24) is 5.32 Å². The van der Waals surface area contributed by atoms with Gasteiger partial charge in [-0.05, 0) is 13.0 Å². The van der Waals surface area contributed by atoms with Crippen LogP contribution in [0.2, 0.25) is 5.02 Å². The van der Waals surface area contributed by atoms with E-state index in [0.29, 0.717) is 5.02 Å². The number of alkyl halides is 1. The molecular formula is C14H19Cl2N2O3S+. The van der Waals surface area contributed by atoms with Crippen LogP contribution < -0.4 is 10.6 Å². The summed E-state index contributed by atoms with van der Waals surface area (Å²) in [5.41, 5.74) is 0.954. The molecule has 0 aromatic heterocycles. The van der Waals surface area contributed by atoms with Gasteiger partial charge in [-0.3, -0.25) is 4.79 Å². The molecule has 5 nitrogen and oxygen atoms in total. The summed E-state index contributed by atoms with van der Waals surface area (Å²) in [4.78, 5) is 11.9. The summed E-state index contributed by atoms with van der Waals surface area (Å²) >= 11 is 12.1. The van der Waals surface area contributed by atoms with Crippen LogP contribution >= 0.6 is 23.2 Å². The van der Waals surface area contributed by atoms with E-state index in [0.717, 1.165) is 5.56 Å². The van der Waals surface area contributed by atoms with Gasteiger partial charge in [-0.2, -0.15) is 0 Å². The van der Waals surface area contributed by atoms with Crippen LogP contribution in [0.5, 0.6) is 0 Å². The first kappa shape index (κ1) is 17.5. The van der Waals surface area contributed by atoms with Gasteiger partial charge in [-0.25, -0.2) is 8.42 Å². The highest BCUT2D eigenvalue weighted by Gasteiger charge is 2.37. The van der Waals surface area contributed by atoms with E-state index in [-0.39, 0.29) is 30.0 Å². The largest absolute Gasteiger partial charge is 0.346 e. The highest BCUT2D eigenvalue weighted by atomic mass is 35.5. The Morgan fingerprint density at radius 3 is 2.68 bits per heavy atom. The van der Waals surface area contributed by atoms with Crippen LogP contribution in [0.4, 0.5) is 0 Å². The van der Waals surface area contributed by atoms with Crippen molar-refractivity contribution in [3.8, 4) is 0 Å². The second kappa shape index (κ2) is 7.17. The monoisotopic (exact) mass is 365 g/mol. The fraction of sp³-hybridized carbons (Fsp3) is 0.500.